The zero-order chi connectivity index (χ0) is 20.2. The van der Waals surface area contributed by atoms with Crippen molar-refractivity contribution >= 4 is 23.2 Å². The number of anilines is 3. The lowest BCUT2D eigenvalue weighted by molar-refractivity contribution is 0.0696. The second-order valence-electron chi connectivity index (χ2n) is 8.23. The second kappa shape index (κ2) is 8.78. The standard InChI is InChI=1S/C22H30N6O/c1-17-7-9-28(10-8-17)21(29)18-15-23-22(24-16-18)25-19-3-5-20(6-4-19)27-13-11-26(2)12-14-27/h3-6,15-17H,7-14H2,1-2H3,(H,23,24,25). The Hall–Kier alpha value is -2.67. The van der Waals surface area contributed by atoms with E-state index >= 15 is 0 Å². The molecule has 3 heterocycles. The van der Waals surface area contributed by atoms with Crippen LogP contribution >= 0.6 is 0 Å². The lowest BCUT2D eigenvalue weighted by atomic mass is 9.99. The largest absolute Gasteiger partial charge is 0.369 e. The SMILES string of the molecule is CC1CCN(C(=O)c2cnc(Nc3ccc(N4CCN(C)CC4)cc3)nc2)CC1. The second-order valence-corrected chi connectivity index (χ2v) is 8.23. The van der Waals surface area contributed by atoms with Gasteiger partial charge in [-0.3, -0.25) is 4.79 Å². The third-order valence-electron chi connectivity index (χ3n) is 5.96. The van der Waals surface area contributed by atoms with E-state index in [1.165, 1.54) is 5.69 Å². The first kappa shape index (κ1) is 19.6. The number of nitrogens with one attached hydrogen (secondary N) is 1. The van der Waals surface area contributed by atoms with Gasteiger partial charge in [0.2, 0.25) is 5.95 Å². The zero-order valence-corrected chi connectivity index (χ0v) is 17.3. The Kier molecular flexibility index (Phi) is 5.94. The molecule has 7 heteroatoms. The normalized spacial score (nSPS) is 18.7. The molecule has 29 heavy (non-hydrogen) atoms. The summed E-state index contributed by atoms with van der Waals surface area (Å²) >= 11 is 0. The maximum atomic E-state index is 12.6. The molecule has 0 saturated carbocycles. The summed E-state index contributed by atoms with van der Waals surface area (Å²) in [4.78, 5) is 27.9. The monoisotopic (exact) mass is 394 g/mol. The molecular formula is C22H30N6O. The van der Waals surface area contributed by atoms with Crippen LogP contribution < -0.4 is 10.2 Å². The van der Waals surface area contributed by atoms with Crippen LogP contribution in [0.4, 0.5) is 17.3 Å². The third-order valence-corrected chi connectivity index (χ3v) is 5.96. The number of rotatable bonds is 4. The molecule has 0 spiro atoms. The van der Waals surface area contributed by atoms with Crippen LogP contribution in [0.25, 0.3) is 0 Å². The van der Waals surface area contributed by atoms with Gasteiger partial charge in [-0.2, -0.15) is 0 Å². The van der Waals surface area contributed by atoms with Crippen LogP contribution in [0.1, 0.15) is 30.1 Å². The van der Waals surface area contributed by atoms with E-state index in [1.807, 2.05) is 17.0 Å². The van der Waals surface area contributed by atoms with E-state index in [0.717, 1.165) is 57.8 Å². The molecule has 154 valence electrons. The average Bonchev–Trinajstić information content (AvgIpc) is 2.76. The van der Waals surface area contributed by atoms with Crippen LogP contribution in [0.2, 0.25) is 0 Å². The number of carbonyl (C=O) groups excluding carboxylic acids is 1. The van der Waals surface area contributed by atoms with Crippen LogP contribution in [-0.2, 0) is 0 Å². The number of likely N-dealkylation sites (tertiary alicyclic amines) is 1. The van der Waals surface area contributed by atoms with Gasteiger partial charge in [-0.1, -0.05) is 6.92 Å². The van der Waals surface area contributed by atoms with Crippen molar-refractivity contribution in [2.75, 3.05) is 56.5 Å². The lowest BCUT2D eigenvalue weighted by Crippen LogP contribution is -2.44. The minimum atomic E-state index is 0.0278. The van der Waals surface area contributed by atoms with E-state index in [2.05, 4.69) is 51.2 Å². The summed E-state index contributed by atoms with van der Waals surface area (Å²) in [6.45, 7) is 8.17. The Morgan fingerprint density at radius 2 is 1.59 bits per heavy atom. The highest BCUT2D eigenvalue weighted by molar-refractivity contribution is 5.93. The Bertz CT molecular complexity index is 806. The fraction of sp³-hybridized carbons (Fsp3) is 0.500. The van der Waals surface area contributed by atoms with Gasteiger partial charge >= 0.3 is 0 Å². The van der Waals surface area contributed by atoms with Gasteiger partial charge in [0, 0.05) is 63.0 Å². The van der Waals surface area contributed by atoms with Crippen LogP contribution in [0.3, 0.4) is 0 Å². The summed E-state index contributed by atoms with van der Waals surface area (Å²) in [5.41, 5.74) is 2.73. The van der Waals surface area contributed by atoms with E-state index in [4.69, 9.17) is 0 Å². The minimum absolute atomic E-state index is 0.0278. The molecular weight excluding hydrogens is 364 g/mol. The molecule has 1 aromatic heterocycles. The van der Waals surface area contributed by atoms with Crippen LogP contribution in [0.5, 0.6) is 0 Å². The molecule has 1 aromatic carbocycles. The van der Waals surface area contributed by atoms with Crippen molar-refractivity contribution in [3.05, 3.63) is 42.2 Å². The average molecular weight is 395 g/mol. The van der Waals surface area contributed by atoms with Crippen molar-refractivity contribution in [1.29, 1.82) is 0 Å². The fourth-order valence-corrected chi connectivity index (χ4v) is 3.85. The minimum Gasteiger partial charge on any atom is -0.369 e. The molecule has 0 unspecified atom stereocenters. The molecule has 4 rings (SSSR count). The molecule has 2 saturated heterocycles. The van der Waals surface area contributed by atoms with Gasteiger partial charge in [0.1, 0.15) is 0 Å². The molecule has 0 atom stereocenters. The first-order valence-electron chi connectivity index (χ1n) is 10.5. The summed E-state index contributed by atoms with van der Waals surface area (Å²) in [6.07, 6.45) is 5.37. The van der Waals surface area contributed by atoms with Crippen molar-refractivity contribution in [3.8, 4) is 0 Å². The fourth-order valence-electron chi connectivity index (χ4n) is 3.85. The molecule has 7 nitrogen and oxygen atoms in total. The summed E-state index contributed by atoms with van der Waals surface area (Å²) in [7, 11) is 2.16. The van der Waals surface area contributed by atoms with Gasteiger partial charge in [-0.15, -0.1) is 0 Å². The maximum absolute atomic E-state index is 12.6. The molecule has 2 aromatic rings. The highest BCUT2D eigenvalue weighted by Gasteiger charge is 2.22. The number of piperidine rings is 1. The molecule has 0 bridgehead atoms. The van der Waals surface area contributed by atoms with Gasteiger partial charge in [0.15, 0.2) is 0 Å². The van der Waals surface area contributed by atoms with E-state index in [9.17, 15) is 4.79 Å². The summed E-state index contributed by atoms with van der Waals surface area (Å²) in [5.74, 6) is 1.23. The molecule has 0 aliphatic carbocycles. The predicted octanol–water partition coefficient (Wildman–Crippen LogP) is 2.84. The highest BCUT2D eigenvalue weighted by Crippen LogP contribution is 2.21. The van der Waals surface area contributed by atoms with E-state index in [-0.39, 0.29) is 5.91 Å². The van der Waals surface area contributed by atoms with Gasteiger partial charge in [-0.25, -0.2) is 9.97 Å². The number of piperazine rings is 1. The Balaban J connectivity index is 1.34. The zero-order valence-electron chi connectivity index (χ0n) is 17.3. The van der Waals surface area contributed by atoms with E-state index in [1.54, 1.807) is 12.4 Å². The van der Waals surface area contributed by atoms with Crippen molar-refractivity contribution < 1.29 is 4.79 Å². The first-order chi connectivity index (χ1) is 14.1. The number of amides is 1. The predicted molar refractivity (Wildman–Crippen MR) is 116 cm³/mol. The van der Waals surface area contributed by atoms with E-state index in [0.29, 0.717) is 17.4 Å². The quantitative estimate of drug-likeness (QED) is 0.860. The van der Waals surface area contributed by atoms with Crippen LogP contribution in [0.15, 0.2) is 36.7 Å². The number of hydrogen-bond donors (Lipinski definition) is 1. The van der Waals surface area contributed by atoms with Gasteiger partial charge in [0.05, 0.1) is 5.56 Å². The molecule has 0 radical (unpaired) electrons. The van der Waals surface area contributed by atoms with Crippen molar-refractivity contribution in [3.63, 3.8) is 0 Å². The van der Waals surface area contributed by atoms with Gasteiger partial charge in [-0.05, 0) is 50.1 Å². The number of likely N-dealkylation sites (N-methyl/N-ethyl adjacent to an activating group) is 1. The first-order valence-corrected chi connectivity index (χ1v) is 10.5. The maximum Gasteiger partial charge on any atom is 0.256 e. The number of nitrogens with zero attached hydrogens (tertiary/aromatic N) is 5. The van der Waals surface area contributed by atoms with Crippen LogP contribution in [0, 0.1) is 5.92 Å². The van der Waals surface area contributed by atoms with Gasteiger partial charge < -0.3 is 20.0 Å². The Morgan fingerprint density at radius 3 is 2.21 bits per heavy atom. The topological polar surface area (TPSA) is 64.6 Å². The third kappa shape index (κ3) is 4.85. The van der Waals surface area contributed by atoms with E-state index < -0.39 is 0 Å². The number of carbonyl (C=O) groups is 1. The van der Waals surface area contributed by atoms with Crippen molar-refractivity contribution in [2.24, 2.45) is 5.92 Å². The van der Waals surface area contributed by atoms with Gasteiger partial charge in [0.25, 0.3) is 5.91 Å². The number of benzene rings is 1. The van der Waals surface area contributed by atoms with Crippen LogP contribution in [-0.4, -0.2) is 72.0 Å². The Labute approximate surface area is 172 Å². The molecule has 1 amide bonds. The molecule has 2 fully saturated rings. The molecule has 2 aliphatic rings. The molecule has 2 aliphatic heterocycles. The smallest absolute Gasteiger partial charge is 0.256 e. The summed E-state index contributed by atoms with van der Waals surface area (Å²) in [5, 5.41) is 3.22. The van der Waals surface area contributed by atoms with Crippen molar-refractivity contribution in [1.82, 2.24) is 19.8 Å². The molecule has 1 N–H and O–H groups in total. The van der Waals surface area contributed by atoms with Crippen molar-refractivity contribution in [2.45, 2.75) is 19.8 Å². The number of aromatic nitrogens is 2. The summed E-state index contributed by atoms with van der Waals surface area (Å²) < 4.78 is 0. The lowest BCUT2D eigenvalue weighted by Gasteiger charge is -2.34. The number of hydrogen-bond acceptors (Lipinski definition) is 6. The Morgan fingerprint density at radius 1 is 0.966 bits per heavy atom. The highest BCUT2D eigenvalue weighted by atomic mass is 16.2. The summed E-state index contributed by atoms with van der Waals surface area (Å²) in [6, 6.07) is 8.35.